The van der Waals surface area contributed by atoms with Crippen molar-refractivity contribution < 1.29 is 23.9 Å². The van der Waals surface area contributed by atoms with E-state index >= 15 is 0 Å². The van der Waals surface area contributed by atoms with E-state index in [-0.39, 0.29) is 11.1 Å². The first-order valence-corrected chi connectivity index (χ1v) is 6.85. The van der Waals surface area contributed by atoms with Crippen LogP contribution in [-0.2, 0) is 9.53 Å². The Bertz CT molecular complexity index is 760. The van der Waals surface area contributed by atoms with Gasteiger partial charge in [-0.3, -0.25) is 24.1 Å². The number of Topliss-reactive ketones (excluding diaryl/α,β-unsaturated/α-hetero) is 1. The fraction of sp³-hybridized carbons (Fsp3) is 0.125. The van der Waals surface area contributed by atoms with Crippen molar-refractivity contribution >= 4 is 23.6 Å². The fourth-order valence-corrected chi connectivity index (χ4v) is 2.29. The summed E-state index contributed by atoms with van der Waals surface area (Å²) in [6, 6.07) is 9.53. The number of rotatable bonds is 5. The highest BCUT2D eigenvalue weighted by Gasteiger charge is 2.36. The minimum atomic E-state index is -0.820. The number of amides is 2. The van der Waals surface area contributed by atoms with Crippen molar-refractivity contribution in [2.24, 2.45) is 0 Å². The predicted molar refractivity (Wildman–Crippen MR) is 77.9 cm³/mol. The second-order valence-corrected chi connectivity index (χ2v) is 4.91. The van der Waals surface area contributed by atoms with E-state index in [4.69, 9.17) is 4.74 Å². The molecule has 3 rings (SSSR count). The molecule has 1 N–H and O–H groups in total. The van der Waals surface area contributed by atoms with Crippen molar-refractivity contribution in [1.29, 1.82) is 0 Å². The Labute approximate surface area is 130 Å². The Morgan fingerprint density at radius 2 is 1.65 bits per heavy atom. The molecule has 2 aromatic rings. The molecule has 7 heteroatoms. The van der Waals surface area contributed by atoms with Gasteiger partial charge in [0, 0.05) is 6.20 Å². The first-order chi connectivity index (χ1) is 11.1. The van der Waals surface area contributed by atoms with Gasteiger partial charge in [-0.15, -0.1) is 0 Å². The molecule has 1 aromatic heterocycles. The topological polar surface area (TPSA) is 96.5 Å². The summed E-state index contributed by atoms with van der Waals surface area (Å²) in [5, 5.41) is 0. The van der Waals surface area contributed by atoms with E-state index < -0.39 is 36.7 Å². The van der Waals surface area contributed by atoms with Crippen molar-refractivity contribution in [1.82, 2.24) is 9.88 Å². The lowest BCUT2D eigenvalue weighted by Crippen LogP contribution is -2.36. The van der Waals surface area contributed by atoms with Gasteiger partial charge in [0.25, 0.3) is 11.8 Å². The second kappa shape index (κ2) is 5.88. The Morgan fingerprint density at radius 3 is 2.22 bits per heavy atom. The van der Waals surface area contributed by atoms with Crippen molar-refractivity contribution in [2.75, 3.05) is 13.2 Å². The lowest BCUT2D eigenvalue weighted by molar-refractivity contribution is -0.142. The van der Waals surface area contributed by atoms with Crippen molar-refractivity contribution in [3.05, 3.63) is 59.4 Å². The number of esters is 1. The van der Waals surface area contributed by atoms with E-state index in [9.17, 15) is 19.2 Å². The van der Waals surface area contributed by atoms with Crippen LogP contribution in [0.3, 0.4) is 0 Å². The molecule has 1 aliphatic rings. The molecule has 0 radical (unpaired) electrons. The van der Waals surface area contributed by atoms with Crippen LogP contribution in [0.4, 0.5) is 0 Å². The monoisotopic (exact) mass is 312 g/mol. The number of aromatic nitrogens is 1. The number of ketones is 1. The summed E-state index contributed by atoms with van der Waals surface area (Å²) in [7, 11) is 0. The Balaban J connectivity index is 1.60. The molecule has 0 fully saturated rings. The summed E-state index contributed by atoms with van der Waals surface area (Å²) in [5.41, 5.74) is 0.832. The number of aromatic amines is 1. The third-order valence-corrected chi connectivity index (χ3v) is 3.43. The van der Waals surface area contributed by atoms with E-state index in [2.05, 4.69) is 4.98 Å². The van der Waals surface area contributed by atoms with Gasteiger partial charge in [0.15, 0.2) is 6.61 Å². The van der Waals surface area contributed by atoms with Crippen molar-refractivity contribution in [3.63, 3.8) is 0 Å². The number of hydrogen-bond donors (Lipinski definition) is 1. The molecular weight excluding hydrogens is 300 g/mol. The quantitative estimate of drug-likeness (QED) is 0.505. The molecule has 116 valence electrons. The SMILES string of the molecule is O=C(CN1C(=O)c2ccccc2C1=O)OCC(=O)c1ccc[nH]1. The molecule has 0 spiro atoms. The molecule has 0 atom stereocenters. The molecule has 2 amide bonds. The van der Waals surface area contributed by atoms with E-state index in [0.29, 0.717) is 5.69 Å². The van der Waals surface area contributed by atoms with Crippen LogP contribution in [0, 0.1) is 0 Å². The van der Waals surface area contributed by atoms with Crippen LogP contribution >= 0.6 is 0 Å². The minimum Gasteiger partial charge on any atom is -0.456 e. The third-order valence-electron chi connectivity index (χ3n) is 3.43. The van der Waals surface area contributed by atoms with E-state index in [1.165, 1.54) is 12.1 Å². The fourth-order valence-electron chi connectivity index (χ4n) is 2.29. The van der Waals surface area contributed by atoms with Crippen LogP contribution in [0.1, 0.15) is 31.2 Å². The summed E-state index contributed by atoms with van der Waals surface area (Å²) < 4.78 is 4.83. The number of carbonyl (C=O) groups is 4. The van der Waals surface area contributed by atoms with Gasteiger partial charge in [0.05, 0.1) is 16.8 Å². The molecule has 7 nitrogen and oxygen atoms in total. The highest BCUT2D eigenvalue weighted by molar-refractivity contribution is 6.22. The molecule has 0 saturated carbocycles. The zero-order chi connectivity index (χ0) is 16.4. The van der Waals surface area contributed by atoms with Crippen LogP contribution in [-0.4, -0.2) is 46.6 Å². The van der Waals surface area contributed by atoms with Gasteiger partial charge in [-0.2, -0.15) is 0 Å². The molecule has 0 aliphatic carbocycles. The zero-order valence-corrected chi connectivity index (χ0v) is 11.9. The van der Waals surface area contributed by atoms with Crippen molar-refractivity contribution in [3.8, 4) is 0 Å². The second-order valence-electron chi connectivity index (χ2n) is 4.91. The number of ether oxygens (including phenoxy) is 1. The van der Waals surface area contributed by atoms with Crippen LogP contribution in [0.25, 0.3) is 0 Å². The molecule has 0 saturated heterocycles. The third kappa shape index (κ3) is 2.76. The highest BCUT2D eigenvalue weighted by atomic mass is 16.5. The van der Waals surface area contributed by atoms with Crippen LogP contribution in [0.15, 0.2) is 42.6 Å². The maximum Gasteiger partial charge on any atom is 0.326 e. The van der Waals surface area contributed by atoms with E-state index in [1.54, 1.807) is 30.5 Å². The van der Waals surface area contributed by atoms with Crippen molar-refractivity contribution in [2.45, 2.75) is 0 Å². The number of hydrogen-bond acceptors (Lipinski definition) is 5. The Morgan fingerprint density at radius 1 is 1.00 bits per heavy atom. The van der Waals surface area contributed by atoms with Crippen LogP contribution in [0.2, 0.25) is 0 Å². The molecule has 1 aromatic carbocycles. The summed E-state index contributed by atoms with van der Waals surface area (Å²) in [6.45, 7) is -0.979. The predicted octanol–water partition coefficient (Wildman–Crippen LogP) is 1.04. The number of carbonyl (C=O) groups excluding carboxylic acids is 4. The van der Waals surface area contributed by atoms with Gasteiger partial charge in [-0.05, 0) is 24.3 Å². The smallest absolute Gasteiger partial charge is 0.326 e. The van der Waals surface area contributed by atoms with E-state index in [1.807, 2.05) is 0 Å². The lowest BCUT2D eigenvalue weighted by Gasteiger charge is -2.12. The largest absolute Gasteiger partial charge is 0.456 e. The van der Waals surface area contributed by atoms with Crippen LogP contribution in [0.5, 0.6) is 0 Å². The van der Waals surface area contributed by atoms with Gasteiger partial charge in [0.1, 0.15) is 6.54 Å². The molecule has 23 heavy (non-hydrogen) atoms. The van der Waals surface area contributed by atoms with E-state index in [0.717, 1.165) is 4.90 Å². The summed E-state index contributed by atoms with van der Waals surface area (Å²) in [6.07, 6.45) is 1.58. The average molecular weight is 312 g/mol. The molecule has 1 aliphatic heterocycles. The Kier molecular flexibility index (Phi) is 3.76. The summed E-state index contributed by atoms with van der Waals surface area (Å²) >= 11 is 0. The van der Waals surface area contributed by atoms with Gasteiger partial charge in [-0.25, -0.2) is 0 Å². The summed E-state index contributed by atoms with van der Waals surface area (Å²) in [5.74, 6) is -2.30. The molecule has 0 bridgehead atoms. The molecular formula is C16H12N2O5. The maximum absolute atomic E-state index is 12.1. The van der Waals surface area contributed by atoms with Crippen LogP contribution < -0.4 is 0 Å². The molecule has 2 heterocycles. The Hall–Kier alpha value is -3.22. The van der Waals surface area contributed by atoms with Gasteiger partial charge in [0.2, 0.25) is 5.78 Å². The minimum absolute atomic E-state index is 0.257. The number of imide groups is 1. The first-order valence-electron chi connectivity index (χ1n) is 6.85. The zero-order valence-electron chi connectivity index (χ0n) is 11.9. The van der Waals surface area contributed by atoms with Gasteiger partial charge in [-0.1, -0.05) is 12.1 Å². The highest BCUT2D eigenvalue weighted by Crippen LogP contribution is 2.22. The normalized spacial score (nSPS) is 13.1. The molecule has 0 unspecified atom stereocenters. The standard InChI is InChI=1S/C16H12N2O5/c19-13(12-6-3-7-17-12)9-23-14(20)8-18-15(21)10-4-1-2-5-11(10)16(18)22/h1-7,17H,8-9H2. The summed E-state index contributed by atoms with van der Waals surface area (Å²) in [4.78, 5) is 51.2. The number of H-pyrrole nitrogens is 1. The number of benzene rings is 1. The average Bonchev–Trinajstić information content (AvgIpc) is 3.17. The van der Waals surface area contributed by atoms with Gasteiger partial charge < -0.3 is 9.72 Å². The lowest BCUT2D eigenvalue weighted by atomic mass is 10.1. The first kappa shape index (κ1) is 14.7. The number of nitrogens with zero attached hydrogens (tertiary/aromatic N) is 1. The number of nitrogens with one attached hydrogen (secondary N) is 1. The number of fused-ring (bicyclic) bond motifs is 1. The van der Waals surface area contributed by atoms with Gasteiger partial charge >= 0.3 is 5.97 Å². The maximum atomic E-state index is 12.1.